The minimum absolute atomic E-state index is 0.0475. The minimum atomic E-state index is -0.258. The van der Waals surface area contributed by atoms with Crippen molar-refractivity contribution < 1.29 is 9.53 Å². The van der Waals surface area contributed by atoms with Gasteiger partial charge in [0.15, 0.2) is 0 Å². The van der Waals surface area contributed by atoms with E-state index in [1.165, 1.54) is 64.6 Å². The van der Waals surface area contributed by atoms with Gasteiger partial charge in [-0.3, -0.25) is 9.59 Å². The monoisotopic (exact) mass is 347 g/mol. The molecule has 0 bridgehead atoms. The number of carbonyl (C=O) groups excluding carboxylic acids is 1. The van der Waals surface area contributed by atoms with Gasteiger partial charge in [-0.1, -0.05) is 12.8 Å². The Morgan fingerprint density at radius 3 is 2.68 bits per heavy atom. The molecule has 25 heavy (non-hydrogen) atoms. The van der Waals surface area contributed by atoms with Crippen molar-refractivity contribution in [2.45, 2.75) is 38.5 Å². The number of hydrogen-bond acceptors (Lipinski definition) is 4. The van der Waals surface area contributed by atoms with Gasteiger partial charge in [-0.05, 0) is 44.7 Å². The van der Waals surface area contributed by atoms with Crippen LogP contribution >= 0.6 is 0 Å². The third kappa shape index (κ3) is 4.63. The summed E-state index contributed by atoms with van der Waals surface area (Å²) in [6.45, 7) is 5.04. The fraction of sp³-hybridized carbons (Fsp3) is 0.684. The first-order valence-electron chi connectivity index (χ1n) is 9.45. The highest BCUT2D eigenvalue weighted by Crippen LogP contribution is 2.23. The fourth-order valence-corrected chi connectivity index (χ4v) is 4.04. The zero-order valence-electron chi connectivity index (χ0n) is 15.1. The molecule has 0 aromatic carbocycles. The number of ether oxygens (including phenoxy) is 1. The van der Waals surface area contributed by atoms with Gasteiger partial charge >= 0.3 is 0 Å². The van der Waals surface area contributed by atoms with Crippen LogP contribution in [-0.2, 0) is 0 Å². The van der Waals surface area contributed by atoms with Gasteiger partial charge in [0.05, 0.1) is 12.7 Å². The number of aromatic amines is 1. The number of piperidine rings is 1. The molecular formula is C19H29N3O3. The molecule has 0 radical (unpaired) electrons. The summed E-state index contributed by atoms with van der Waals surface area (Å²) in [7, 11) is 1.49. The normalized spacial score (nSPS) is 22.4. The van der Waals surface area contributed by atoms with E-state index in [0.29, 0.717) is 17.2 Å². The SMILES string of the molecule is COc1cc(=O)[nH]cc1C(=O)N1CCCC(CN2CCCCCC2)C1. The lowest BCUT2D eigenvalue weighted by Crippen LogP contribution is -2.44. The van der Waals surface area contributed by atoms with E-state index in [-0.39, 0.29) is 11.5 Å². The molecule has 1 aromatic heterocycles. The molecule has 0 spiro atoms. The Bertz CT molecular complexity index is 635. The van der Waals surface area contributed by atoms with E-state index in [9.17, 15) is 9.59 Å². The van der Waals surface area contributed by atoms with Crippen molar-refractivity contribution in [2.75, 3.05) is 39.8 Å². The summed E-state index contributed by atoms with van der Waals surface area (Å²) in [6, 6.07) is 1.34. The van der Waals surface area contributed by atoms with E-state index < -0.39 is 0 Å². The summed E-state index contributed by atoms with van der Waals surface area (Å²) in [5.74, 6) is 0.835. The van der Waals surface area contributed by atoms with Crippen LogP contribution in [0, 0.1) is 5.92 Å². The van der Waals surface area contributed by atoms with Gasteiger partial charge in [0.1, 0.15) is 5.75 Å². The second-order valence-corrected chi connectivity index (χ2v) is 7.25. The predicted molar refractivity (Wildman–Crippen MR) is 97.2 cm³/mol. The van der Waals surface area contributed by atoms with Crippen molar-refractivity contribution >= 4 is 5.91 Å². The van der Waals surface area contributed by atoms with E-state index in [4.69, 9.17) is 4.74 Å². The lowest BCUT2D eigenvalue weighted by Gasteiger charge is -2.35. The third-order valence-electron chi connectivity index (χ3n) is 5.36. The van der Waals surface area contributed by atoms with Gasteiger partial charge in [0, 0.05) is 31.9 Å². The molecule has 1 atom stereocenters. The summed E-state index contributed by atoms with van der Waals surface area (Å²) in [5, 5.41) is 0. The van der Waals surface area contributed by atoms with Crippen molar-refractivity contribution in [3.63, 3.8) is 0 Å². The quantitative estimate of drug-likeness (QED) is 0.906. The molecule has 6 nitrogen and oxygen atoms in total. The first-order chi connectivity index (χ1) is 12.2. The van der Waals surface area contributed by atoms with Gasteiger partial charge < -0.3 is 19.5 Å². The van der Waals surface area contributed by atoms with E-state index in [2.05, 4.69) is 9.88 Å². The van der Waals surface area contributed by atoms with Gasteiger partial charge in [0.25, 0.3) is 11.5 Å². The Kier molecular flexibility index (Phi) is 6.13. The second-order valence-electron chi connectivity index (χ2n) is 7.25. The van der Waals surface area contributed by atoms with Crippen LogP contribution in [0.1, 0.15) is 48.9 Å². The number of nitrogens with one attached hydrogen (secondary N) is 1. The molecule has 2 aliphatic rings. The first-order valence-corrected chi connectivity index (χ1v) is 9.45. The lowest BCUT2D eigenvalue weighted by molar-refractivity contribution is 0.0637. The van der Waals surface area contributed by atoms with Crippen molar-refractivity contribution in [3.8, 4) is 5.75 Å². The van der Waals surface area contributed by atoms with Crippen LogP contribution in [-0.4, -0.2) is 60.5 Å². The summed E-state index contributed by atoms with van der Waals surface area (Å²) in [5.41, 5.74) is 0.184. The van der Waals surface area contributed by atoms with Crippen LogP contribution in [0.4, 0.5) is 0 Å². The van der Waals surface area contributed by atoms with Crippen molar-refractivity contribution in [1.82, 2.24) is 14.8 Å². The molecule has 1 N–H and O–H groups in total. The van der Waals surface area contributed by atoms with Gasteiger partial charge in [-0.2, -0.15) is 0 Å². The van der Waals surface area contributed by atoms with Crippen molar-refractivity contribution in [1.29, 1.82) is 0 Å². The number of methoxy groups -OCH3 is 1. The first kappa shape index (κ1) is 18.0. The van der Waals surface area contributed by atoms with E-state index in [1.54, 1.807) is 0 Å². The number of pyridine rings is 1. The van der Waals surface area contributed by atoms with E-state index >= 15 is 0 Å². The molecular weight excluding hydrogens is 318 g/mol. The topological polar surface area (TPSA) is 65.6 Å². The molecule has 138 valence electrons. The Morgan fingerprint density at radius 1 is 1.20 bits per heavy atom. The molecule has 0 aliphatic carbocycles. The van der Waals surface area contributed by atoms with Gasteiger partial charge in [-0.15, -0.1) is 0 Å². The van der Waals surface area contributed by atoms with Crippen LogP contribution in [0.3, 0.4) is 0 Å². The molecule has 0 saturated carbocycles. The summed E-state index contributed by atoms with van der Waals surface area (Å²) < 4.78 is 5.22. The summed E-state index contributed by atoms with van der Waals surface area (Å²) >= 11 is 0. The fourth-order valence-electron chi connectivity index (χ4n) is 4.04. The Labute approximate surface area is 149 Å². The Balaban J connectivity index is 1.64. The van der Waals surface area contributed by atoms with Gasteiger partial charge in [0.2, 0.25) is 0 Å². The molecule has 2 aliphatic heterocycles. The maximum absolute atomic E-state index is 12.9. The summed E-state index contributed by atoms with van der Waals surface area (Å²) in [6.07, 6.45) is 8.98. The average molecular weight is 347 g/mol. The number of hydrogen-bond donors (Lipinski definition) is 1. The zero-order valence-corrected chi connectivity index (χ0v) is 15.1. The Morgan fingerprint density at radius 2 is 1.96 bits per heavy atom. The number of H-pyrrole nitrogens is 1. The molecule has 3 heterocycles. The van der Waals surface area contributed by atoms with Crippen LogP contribution in [0.5, 0.6) is 5.75 Å². The number of likely N-dealkylation sites (tertiary alicyclic amines) is 2. The molecule has 2 saturated heterocycles. The van der Waals surface area contributed by atoms with Crippen LogP contribution in [0.25, 0.3) is 0 Å². The maximum atomic E-state index is 12.9. The van der Waals surface area contributed by atoms with Crippen LogP contribution in [0.15, 0.2) is 17.1 Å². The highest BCUT2D eigenvalue weighted by molar-refractivity contribution is 5.96. The molecule has 3 rings (SSSR count). The smallest absolute Gasteiger partial charge is 0.259 e. The number of carbonyl (C=O) groups is 1. The maximum Gasteiger partial charge on any atom is 0.259 e. The second kappa shape index (κ2) is 8.52. The number of amides is 1. The summed E-state index contributed by atoms with van der Waals surface area (Å²) in [4.78, 5) is 31.4. The zero-order chi connectivity index (χ0) is 17.6. The van der Waals surface area contributed by atoms with Gasteiger partial charge in [-0.25, -0.2) is 0 Å². The molecule has 1 unspecified atom stereocenters. The molecule has 1 amide bonds. The van der Waals surface area contributed by atoms with Crippen LogP contribution < -0.4 is 10.3 Å². The largest absolute Gasteiger partial charge is 0.496 e. The van der Waals surface area contributed by atoms with Crippen molar-refractivity contribution in [2.24, 2.45) is 5.92 Å². The third-order valence-corrected chi connectivity index (χ3v) is 5.36. The number of nitrogens with zero attached hydrogens (tertiary/aromatic N) is 2. The van der Waals surface area contributed by atoms with E-state index in [1.807, 2.05) is 4.90 Å². The highest BCUT2D eigenvalue weighted by atomic mass is 16.5. The standard InChI is InChI=1S/C19H29N3O3/c1-25-17-11-18(23)20-12-16(17)19(24)22-10-6-7-15(14-22)13-21-8-4-2-3-5-9-21/h11-12,15H,2-10,13-14H2,1H3,(H,20,23). The number of rotatable bonds is 4. The van der Waals surface area contributed by atoms with Crippen LogP contribution in [0.2, 0.25) is 0 Å². The van der Waals surface area contributed by atoms with Crippen molar-refractivity contribution in [3.05, 3.63) is 28.2 Å². The Hall–Kier alpha value is -1.82. The van der Waals surface area contributed by atoms with E-state index in [0.717, 1.165) is 26.1 Å². The number of aromatic nitrogens is 1. The highest BCUT2D eigenvalue weighted by Gasteiger charge is 2.27. The predicted octanol–water partition coefficient (Wildman–Crippen LogP) is 2.11. The molecule has 6 heteroatoms. The average Bonchev–Trinajstić information content (AvgIpc) is 2.90. The molecule has 1 aromatic rings. The molecule has 2 fully saturated rings. The minimum Gasteiger partial charge on any atom is -0.496 e. The lowest BCUT2D eigenvalue weighted by atomic mass is 9.96.